The minimum absolute atomic E-state index is 1.09. The predicted molar refractivity (Wildman–Crippen MR) is 259 cm³/mol. The van der Waals surface area contributed by atoms with E-state index in [4.69, 9.17) is 0 Å². The predicted octanol–water partition coefficient (Wildman–Crippen LogP) is 15.6. The van der Waals surface area contributed by atoms with E-state index in [0.29, 0.717) is 0 Å². The molecule has 3 aromatic heterocycles. The van der Waals surface area contributed by atoms with Gasteiger partial charge < -0.3 is 9.13 Å². The van der Waals surface area contributed by atoms with Gasteiger partial charge in [-0.25, -0.2) is 0 Å². The Morgan fingerprint density at radius 2 is 1.00 bits per heavy atom. The number of fused-ring (bicyclic) bond motifs is 6. The Hall–Kier alpha value is -8.01. The summed E-state index contributed by atoms with van der Waals surface area (Å²) in [6.45, 7) is 6.39. The molecule has 0 radical (unpaired) electrons. The van der Waals surface area contributed by atoms with E-state index in [1.807, 2.05) is 24.5 Å². The van der Waals surface area contributed by atoms with Crippen molar-refractivity contribution in [2.75, 3.05) is 0 Å². The summed E-state index contributed by atoms with van der Waals surface area (Å²) < 4.78 is 4.76. The molecule has 0 unspecified atom stereocenters. The van der Waals surface area contributed by atoms with Gasteiger partial charge in [0.1, 0.15) is 0 Å². The molecule has 0 atom stereocenters. The average molecular weight is 780 g/mol. The number of para-hydroxylation sites is 2. The molecular weight excluding hydrogens is 739 g/mol. The Morgan fingerprint density at radius 1 is 0.426 bits per heavy atom. The van der Waals surface area contributed by atoms with E-state index in [9.17, 15) is 0 Å². The average Bonchev–Trinajstić information content (AvgIpc) is 3.84. The van der Waals surface area contributed by atoms with Gasteiger partial charge in [-0.05, 0) is 118 Å². The van der Waals surface area contributed by atoms with Gasteiger partial charge in [-0.1, -0.05) is 146 Å². The number of aromatic nitrogens is 3. The molecule has 3 heterocycles. The summed E-state index contributed by atoms with van der Waals surface area (Å²) in [7, 11) is 0. The van der Waals surface area contributed by atoms with Crippen molar-refractivity contribution in [1.82, 2.24) is 14.1 Å². The van der Waals surface area contributed by atoms with E-state index in [-0.39, 0.29) is 0 Å². The molecule has 0 aliphatic heterocycles. The lowest BCUT2D eigenvalue weighted by Crippen LogP contribution is -1.97. The van der Waals surface area contributed by atoms with Crippen LogP contribution in [0.3, 0.4) is 0 Å². The summed E-state index contributed by atoms with van der Waals surface area (Å²) in [6.07, 6.45) is 10.2. The van der Waals surface area contributed by atoms with Crippen LogP contribution in [0.1, 0.15) is 18.2 Å². The highest BCUT2D eigenvalue weighted by atomic mass is 15.0. The zero-order valence-corrected chi connectivity index (χ0v) is 33.8. The van der Waals surface area contributed by atoms with E-state index in [2.05, 4.69) is 222 Å². The fourth-order valence-corrected chi connectivity index (χ4v) is 9.31. The smallest absolute Gasteiger partial charge is 0.0553 e. The summed E-state index contributed by atoms with van der Waals surface area (Å²) in [4.78, 5) is 4.59. The van der Waals surface area contributed by atoms with Crippen LogP contribution in [0.4, 0.5) is 0 Å². The van der Waals surface area contributed by atoms with Crippen LogP contribution in [0.15, 0.2) is 213 Å². The van der Waals surface area contributed by atoms with Gasteiger partial charge in [-0.15, -0.1) is 0 Å². The molecule has 0 aliphatic rings. The Morgan fingerprint density at radius 3 is 1.75 bits per heavy atom. The highest BCUT2D eigenvalue weighted by Crippen LogP contribution is 2.43. The summed E-state index contributed by atoms with van der Waals surface area (Å²) in [5.74, 6) is 0. The maximum absolute atomic E-state index is 4.59. The summed E-state index contributed by atoms with van der Waals surface area (Å²) in [6, 6.07) is 68.0. The highest BCUT2D eigenvalue weighted by Gasteiger charge is 2.19. The minimum Gasteiger partial charge on any atom is -0.309 e. The second-order valence-electron chi connectivity index (χ2n) is 15.6. The fraction of sp³-hybridized carbons (Fsp3) is 0.0172. The molecule has 0 aliphatic carbocycles. The van der Waals surface area contributed by atoms with Crippen LogP contribution < -0.4 is 0 Å². The molecule has 0 fully saturated rings. The molecule has 11 aromatic rings. The lowest BCUT2D eigenvalue weighted by Gasteiger charge is -2.13. The summed E-state index contributed by atoms with van der Waals surface area (Å²) in [5.41, 5.74) is 17.2. The van der Waals surface area contributed by atoms with Crippen molar-refractivity contribution in [3.05, 3.63) is 224 Å². The monoisotopic (exact) mass is 779 g/mol. The Balaban J connectivity index is 1.02. The Labute approximate surface area is 355 Å². The SMILES string of the molecule is C=Cc1c(/C=C\C)n(-c2ccc(-c3cncc(-c4ccccc4)c3)cc2)c2ccc(-c3cccc(-c4cc5c(c6ccccc46)c4ccccc4n5-c4ccccc4)c3)cc12. The van der Waals surface area contributed by atoms with Gasteiger partial charge in [0.15, 0.2) is 0 Å². The van der Waals surface area contributed by atoms with Crippen LogP contribution in [0.25, 0.3) is 112 Å². The van der Waals surface area contributed by atoms with Crippen LogP contribution >= 0.6 is 0 Å². The minimum atomic E-state index is 1.09. The molecule has 3 nitrogen and oxygen atoms in total. The van der Waals surface area contributed by atoms with Crippen molar-refractivity contribution in [1.29, 1.82) is 0 Å². The molecule has 0 saturated heterocycles. The van der Waals surface area contributed by atoms with Crippen LogP contribution in [0.5, 0.6) is 0 Å². The van der Waals surface area contributed by atoms with Crippen LogP contribution in [0, 0.1) is 0 Å². The van der Waals surface area contributed by atoms with Gasteiger partial charge in [-0.3, -0.25) is 4.98 Å². The fourth-order valence-electron chi connectivity index (χ4n) is 9.31. The summed E-state index contributed by atoms with van der Waals surface area (Å²) in [5, 5.41) is 6.20. The first-order valence-corrected chi connectivity index (χ1v) is 20.8. The molecule has 0 N–H and O–H groups in total. The number of benzene rings is 8. The van der Waals surface area contributed by atoms with Crippen LogP contribution in [-0.4, -0.2) is 14.1 Å². The number of hydrogen-bond donors (Lipinski definition) is 0. The molecule has 0 bridgehead atoms. The molecule has 0 saturated carbocycles. The van der Waals surface area contributed by atoms with Crippen LogP contribution in [0.2, 0.25) is 0 Å². The van der Waals surface area contributed by atoms with Crippen molar-refractivity contribution in [2.24, 2.45) is 0 Å². The highest BCUT2D eigenvalue weighted by molar-refractivity contribution is 6.24. The molecule has 11 rings (SSSR count). The number of pyridine rings is 1. The maximum atomic E-state index is 4.59. The lowest BCUT2D eigenvalue weighted by molar-refractivity contribution is 1.10. The molecule has 288 valence electrons. The third-order valence-electron chi connectivity index (χ3n) is 12.1. The third kappa shape index (κ3) is 6.10. The Kier molecular flexibility index (Phi) is 8.87. The van der Waals surface area contributed by atoms with E-state index >= 15 is 0 Å². The van der Waals surface area contributed by atoms with Crippen molar-refractivity contribution in [3.63, 3.8) is 0 Å². The van der Waals surface area contributed by atoms with E-state index in [1.165, 1.54) is 49.3 Å². The van der Waals surface area contributed by atoms with Gasteiger partial charge >= 0.3 is 0 Å². The van der Waals surface area contributed by atoms with Crippen molar-refractivity contribution in [3.8, 4) is 55.9 Å². The zero-order chi connectivity index (χ0) is 40.9. The normalized spacial score (nSPS) is 11.7. The molecule has 8 aromatic carbocycles. The lowest BCUT2D eigenvalue weighted by atomic mass is 9.92. The summed E-state index contributed by atoms with van der Waals surface area (Å²) >= 11 is 0. The van der Waals surface area contributed by atoms with Crippen molar-refractivity contribution in [2.45, 2.75) is 6.92 Å². The maximum Gasteiger partial charge on any atom is 0.0553 e. The molecule has 61 heavy (non-hydrogen) atoms. The third-order valence-corrected chi connectivity index (χ3v) is 12.1. The first-order chi connectivity index (χ1) is 30.2. The van der Waals surface area contributed by atoms with E-state index < -0.39 is 0 Å². The molecule has 3 heteroatoms. The van der Waals surface area contributed by atoms with E-state index in [1.54, 1.807) is 0 Å². The van der Waals surface area contributed by atoms with Crippen molar-refractivity contribution < 1.29 is 0 Å². The topological polar surface area (TPSA) is 22.8 Å². The van der Waals surface area contributed by atoms with E-state index in [0.717, 1.165) is 61.4 Å². The van der Waals surface area contributed by atoms with Crippen LogP contribution in [-0.2, 0) is 0 Å². The first-order valence-electron chi connectivity index (χ1n) is 20.8. The first kappa shape index (κ1) is 36.1. The van der Waals surface area contributed by atoms with Gasteiger partial charge in [0.25, 0.3) is 0 Å². The standard InChI is InChI=1S/C58H41N3/c1-3-16-54-48(4-2)53-35-42(29-32-56(53)60(54)47-30-27-40(28-31-47)45-34-44(37-59-38-45)39-17-7-5-8-18-39)41-19-15-20-43(33-41)52-36-57-58(50-24-12-11-23-49(50)52)51-25-13-14-26-55(51)61(57)46-21-9-6-10-22-46/h3-38H,2H2,1H3/b16-3-. The second kappa shape index (κ2) is 15.0. The molecular formula is C58H41N3. The number of allylic oxidation sites excluding steroid dienone is 1. The zero-order valence-electron chi connectivity index (χ0n) is 33.8. The van der Waals surface area contributed by atoms with Gasteiger partial charge in [0.05, 0.1) is 22.2 Å². The van der Waals surface area contributed by atoms with Gasteiger partial charge in [-0.2, -0.15) is 0 Å². The van der Waals surface area contributed by atoms with Gasteiger partial charge in [0.2, 0.25) is 0 Å². The Bertz CT molecular complexity index is 3480. The number of rotatable bonds is 8. The quantitative estimate of drug-likeness (QED) is 0.151. The van der Waals surface area contributed by atoms with Gasteiger partial charge in [0, 0.05) is 56.6 Å². The number of hydrogen-bond acceptors (Lipinski definition) is 1. The molecule has 0 spiro atoms. The molecule has 0 amide bonds. The number of nitrogens with zero attached hydrogens (tertiary/aromatic N) is 3. The second-order valence-corrected chi connectivity index (χ2v) is 15.6. The largest absolute Gasteiger partial charge is 0.309 e. The van der Waals surface area contributed by atoms with Crippen molar-refractivity contribution >= 4 is 55.6 Å².